The highest BCUT2D eigenvalue weighted by Gasteiger charge is 2.15. The number of hydrogen-bond acceptors (Lipinski definition) is 0. The molecule has 0 aliphatic carbocycles. The van der Waals surface area contributed by atoms with Crippen molar-refractivity contribution in [3.05, 3.63) is 34.4 Å². The molecule has 1 rings (SSSR count). The zero-order chi connectivity index (χ0) is 11.4. The lowest BCUT2D eigenvalue weighted by molar-refractivity contribution is 0.458. The molecule has 0 atom stereocenters. The first-order valence-corrected chi connectivity index (χ1v) is 5.60. The van der Waals surface area contributed by atoms with E-state index in [0.29, 0.717) is 12.3 Å². The smallest absolute Gasteiger partial charge is 0.147 e. The molecule has 0 bridgehead atoms. The minimum absolute atomic E-state index is 0.00245. The monoisotopic (exact) mass is 232 g/mol. The molecule has 0 spiro atoms. The molecular formula is C12H15ClF2. The fraction of sp³-hybridized carbons (Fsp3) is 0.500. The predicted molar refractivity (Wildman–Crippen MR) is 59.1 cm³/mol. The molecule has 3 heteroatoms. The summed E-state index contributed by atoms with van der Waals surface area (Å²) < 4.78 is 26.9. The maximum absolute atomic E-state index is 13.5. The molecule has 0 aromatic heterocycles. The molecule has 0 fully saturated rings. The maximum Gasteiger partial charge on any atom is 0.147 e. The molecule has 0 unspecified atom stereocenters. The van der Waals surface area contributed by atoms with Crippen LogP contribution in [0.3, 0.4) is 0 Å². The summed E-state index contributed by atoms with van der Waals surface area (Å²) in [4.78, 5) is 0. The molecule has 0 saturated heterocycles. The molecule has 84 valence electrons. The first kappa shape index (κ1) is 12.4. The van der Waals surface area contributed by atoms with Crippen LogP contribution in [0.1, 0.15) is 32.3 Å². The normalized spacial score (nSPS) is 11.1. The van der Waals surface area contributed by atoms with E-state index in [2.05, 4.69) is 0 Å². The predicted octanol–water partition coefficient (Wildman–Crippen LogP) is 4.60. The summed E-state index contributed by atoms with van der Waals surface area (Å²) in [6.45, 7) is 4.04. The van der Waals surface area contributed by atoms with Gasteiger partial charge in [0.15, 0.2) is 0 Å². The van der Waals surface area contributed by atoms with Gasteiger partial charge in [-0.15, -0.1) is 0 Å². The standard InChI is InChI=1S/C12H15ClF2/c1-3-8(4-2)7-9-11(14)6-5-10(13)12(9)15/h5-6,8H,3-4,7H2,1-2H3. The van der Waals surface area contributed by atoms with E-state index in [9.17, 15) is 8.78 Å². The molecule has 0 radical (unpaired) electrons. The van der Waals surface area contributed by atoms with Gasteiger partial charge >= 0.3 is 0 Å². The Morgan fingerprint density at radius 1 is 1.20 bits per heavy atom. The molecule has 0 nitrogen and oxygen atoms in total. The van der Waals surface area contributed by atoms with Gasteiger partial charge in [0, 0.05) is 5.56 Å². The summed E-state index contributed by atoms with van der Waals surface area (Å²) in [5.74, 6) is -0.792. The molecule has 0 N–H and O–H groups in total. The average molecular weight is 233 g/mol. The summed E-state index contributed by atoms with van der Waals surface area (Å²) in [5, 5.41) is -0.00245. The molecule has 15 heavy (non-hydrogen) atoms. The molecule has 0 aliphatic rings. The van der Waals surface area contributed by atoms with E-state index in [1.165, 1.54) is 12.1 Å². The van der Waals surface area contributed by atoms with Gasteiger partial charge in [-0.25, -0.2) is 8.78 Å². The molecule has 0 aliphatic heterocycles. The van der Waals surface area contributed by atoms with Crippen molar-refractivity contribution in [1.82, 2.24) is 0 Å². The maximum atomic E-state index is 13.5. The quantitative estimate of drug-likeness (QED) is 0.666. The van der Waals surface area contributed by atoms with Crippen LogP contribution >= 0.6 is 11.6 Å². The second-order valence-corrected chi connectivity index (χ2v) is 4.12. The van der Waals surface area contributed by atoms with E-state index >= 15 is 0 Å². The lowest BCUT2D eigenvalue weighted by Gasteiger charge is -2.13. The van der Waals surface area contributed by atoms with Gasteiger partial charge in [-0.2, -0.15) is 0 Å². The first-order valence-electron chi connectivity index (χ1n) is 5.22. The van der Waals surface area contributed by atoms with Gasteiger partial charge < -0.3 is 0 Å². The van der Waals surface area contributed by atoms with Crippen LogP contribution in [0.2, 0.25) is 5.02 Å². The third kappa shape index (κ3) is 2.91. The summed E-state index contributed by atoms with van der Waals surface area (Å²) in [6, 6.07) is 2.48. The number of benzene rings is 1. The van der Waals surface area contributed by atoms with Crippen LogP contribution in [0.15, 0.2) is 12.1 Å². The number of hydrogen-bond donors (Lipinski definition) is 0. The van der Waals surface area contributed by atoms with Gasteiger partial charge in [0.25, 0.3) is 0 Å². The van der Waals surface area contributed by atoms with Crippen molar-refractivity contribution in [3.63, 3.8) is 0 Å². The minimum atomic E-state index is -0.608. The number of rotatable bonds is 4. The lowest BCUT2D eigenvalue weighted by Crippen LogP contribution is -2.06. The van der Waals surface area contributed by atoms with Crippen molar-refractivity contribution in [1.29, 1.82) is 0 Å². The fourth-order valence-corrected chi connectivity index (χ4v) is 1.80. The van der Waals surface area contributed by atoms with Crippen molar-refractivity contribution in [2.24, 2.45) is 5.92 Å². The average Bonchev–Trinajstić information content (AvgIpc) is 2.24. The molecular weight excluding hydrogens is 218 g/mol. The van der Waals surface area contributed by atoms with Crippen molar-refractivity contribution in [2.75, 3.05) is 0 Å². The highest BCUT2D eigenvalue weighted by molar-refractivity contribution is 6.30. The Kier molecular flexibility index (Phi) is 4.52. The topological polar surface area (TPSA) is 0 Å². The summed E-state index contributed by atoms with van der Waals surface area (Å²) >= 11 is 5.61. The van der Waals surface area contributed by atoms with Crippen molar-refractivity contribution >= 4 is 11.6 Å². The highest BCUT2D eigenvalue weighted by atomic mass is 35.5. The van der Waals surface area contributed by atoms with Crippen LogP contribution < -0.4 is 0 Å². The molecule has 1 aromatic rings. The summed E-state index contributed by atoms with van der Waals surface area (Å²) in [5.41, 5.74) is 0.121. The van der Waals surface area contributed by atoms with Crippen LogP contribution in [0.5, 0.6) is 0 Å². The van der Waals surface area contributed by atoms with Crippen LogP contribution in [-0.2, 0) is 6.42 Å². The van der Waals surface area contributed by atoms with Crippen LogP contribution in [0, 0.1) is 17.6 Å². The fourth-order valence-electron chi connectivity index (χ4n) is 1.62. The van der Waals surface area contributed by atoms with Gasteiger partial charge in [0.2, 0.25) is 0 Å². The van der Waals surface area contributed by atoms with Gasteiger partial charge in [-0.1, -0.05) is 38.3 Å². The highest BCUT2D eigenvalue weighted by Crippen LogP contribution is 2.25. The molecule has 1 aromatic carbocycles. The third-order valence-corrected chi connectivity index (χ3v) is 3.08. The Morgan fingerprint density at radius 2 is 1.80 bits per heavy atom. The van der Waals surface area contributed by atoms with Crippen LogP contribution in [0.25, 0.3) is 0 Å². The van der Waals surface area contributed by atoms with Gasteiger partial charge in [0.1, 0.15) is 11.6 Å². The van der Waals surface area contributed by atoms with Gasteiger partial charge in [-0.05, 0) is 24.5 Å². The van der Waals surface area contributed by atoms with E-state index < -0.39 is 11.6 Å². The lowest BCUT2D eigenvalue weighted by atomic mass is 9.94. The Bertz CT molecular complexity index is 333. The largest absolute Gasteiger partial charge is 0.207 e. The van der Waals surface area contributed by atoms with Gasteiger partial charge in [-0.3, -0.25) is 0 Å². The first-order chi connectivity index (χ1) is 7.10. The second-order valence-electron chi connectivity index (χ2n) is 3.71. The Labute approximate surface area is 94.3 Å². The van der Waals surface area contributed by atoms with E-state index in [4.69, 9.17) is 11.6 Å². The van der Waals surface area contributed by atoms with Crippen molar-refractivity contribution < 1.29 is 8.78 Å². The van der Waals surface area contributed by atoms with Crippen molar-refractivity contribution in [2.45, 2.75) is 33.1 Å². The zero-order valence-corrected chi connectivity index (χ0v) is 9.74. The second kappa shape index (κ2) is 5.45. The van der Waals surface area contributed by atoms with E-state index in [-0.39, 0.29) is 10.6 Å². The Balaban J connectivity index is 2.97. The molecule has 0 amide bonds. The number of halogens is 3. The van der Waals surface area contributed by atoms with Gasteiger partial charge in [0.05, 0.1) is 5.02 Å². The van der Waals surface area contributed by atoms with Crippen molar-refractivity contribution in [3.8, 4) is 0 Å². The third-order valence-electron chi connectivity index (χ3n) is 2.79. The zero-order valence-electron chi connectivity index (χ0n) is 8.99. The Hall–Kier alpha value is -0.630. The minimum Gasteiger partial charge on any atom is -0.207 e. The molecule has 0 saturated carbocycles. The summed E-state index contributed by atoms with van der Waals surface area (Å²) in [7, 11) is 0. The van der Waals surface area contributed by atoms with E-state index in [0.717, 1.165) is 12.8 Å². The Morgan fingerprint density at radius 3 is 2.33 bits per heavy atom. The molecule has 0 heterocycles. The summed E-state index contributed by atoms with van der Waals surface area (Å²) in [6.07, 6.45) is 2.26. The van der Waals surface area contributed by atoms with Crippen LogP contribution in [0.4, 0.5) is 8.78 Å². The van der Waals surface area contributed by atoms with Crippen LogP contribution in [-0.4, -0.2) is 0 Å². The van der Waals surface area contributed by atoms with E-state index in [1.54, 1.807) is 0 Å². The SMILES string of the molecule is CCC(CC)Cc1c(F)ccc(Cl)c1F. The van der Waals surface area contributed by atoms with E-state index in [1.807, 2.05) is 13.8 Å².